The normalized spacial score (nSPS) is 15.3. The quantitative estimate of drug-likeness (QED) is 0.291. The van der Waals surface area contributed by atoms with Crippen LogP contribution in [0.25, 0.3) is 0 Å². The highest BCUT2D eigenvalue weighted by atomic mass is 35.5. The largest absolute Gasteiger partial charge is 0.464 e. The zero-order valence-electron chi connectivity index (χ0n) is 21.7. The molecule has 1 heterocycles. The Morgan fingerprint density at radius 2 is 1.53 bits per heavy atom. The minimum absolute atomic E-state index is 0.211. The number of morpholine rings is 1. The molecule has 8 heteroatoms. The molecule has 1 aliphatic heterocycles. The molecule has 5 nitrogen and oxygen atoms in total. The number of benzene rings is 3. The molecule has 0 bridgehead atoms. The summed E-state index contributed by atoms with van der Waals surface area (Å²) in [7, 11) is 0. The average molecular weight is 563 g/mol. The van der Waals surface area contributed by atoms with Gasteiger partial charge in [-0.25, -0.2) is 9.18 Å². The minimum atomic E-state index is -0.655. The maximum absolute atomic E-state index is 13.0. The van der Waals surface area contributed by atoms with Crippen LogP contribution in [0.5, 0.6) is 0 Å². The van der Waals surface area contributed by atoms with Crippen molar-refractivity contribution in [2.24, 2.45) is 0 Å². The Morgan fingerprint density at radius 1 is 0.974 bits per heavy atom. The van der Waals surface area contributed by atoms with Crippen LogP contribution < -0.4 is 0 Å². The molecule has 1 saturated heterocycles. The van der Waals surface area contributed by atoms with Gasteiger partial charge in [0.1, 0.15) is 18.0 Å². The highest BCUT2D eigenvalue weighted by Gasteiger charge is 2.37. The van der Waals surface area contributed by atoms with Gasteiger partial charge in [-0.15, -0.1) is 0 Å². The standard InChI is InChI=1S/C18H24FNO4.2C6H5Cl/c1-3-5-15(18(22)23-4-2)20-10-11-24-16(17(20)21)12-13-6-8-14(19)9-7-13;2*7-6-4-2-1-3-5-6/h6-9,15-16H,3-5,10-12H2,1-2H3;2*1-5H. The van der Waals surface area contributed by atoms with Crippen molar-refractivity contribution in [3.8, 4) is 0 Å². The summed E-state index contributed by atoms with van der Waals surface area (Å²) in [5.74, 6) is -0.895. The Morgan fingerprint density at radius 3 is 1.97 bits per heavy atom. The lowest BCUT2D eigenvalue weighted by Crippen LogP contribution is -2.55. The molecule has 1 amide bonds. The lowest BCUT2D eigenvalue weighted by atomic mass is 10.0. The van der Waals surface area contributed by atoms with E-state index in [4.69, 9.17) is 32.7 Å². The zero-order valence-corrected chi connectivity index (χ0v) is 23.2. The lowest BCUT2D eigenvalue weighted by Gasteiger charge is -2.36. The molecule has 1 aliphatic rings. The van der Waals surface area contributed by atoms with Crippen molar-refractivity contribution in [3.05, 3.63) is 106 Å². The third kappa shape index (κ3) is 11.2. The van der Waals surface area contributed by atoms with Crippen LogP contribution in [-0.2, 0) is 25.5 Å². The third-order valence-corrected chi connectivity index (χ3v) is 6.01. The number of carbonyl (C=O) groups excluding carboxylic acids is 2. The van der Waals surface area contributed by atoms with Gasteiger partial charge in [-0.2, -0.15) is 0 Å². The Labute approximate surface area is 234 Å². The van der Waals surface area contributed by atoms with Crippen molar-refractivity contribution in [1.29, 1.82) is 0 Å². The number of amides is 1. The predicted octanol–water partition coefficient (Wildman–Crippen LogP) is 7.01. The van der Waals surface area contributed by atoms with Crippen LogP contribution in [0.2, 0.25) is 10.0 Å². The summed E-state index contributed by atoms with van der Waals surface area (Å²) in [6.07, 6.45) is 1.04. The number of halogens is 3. The van der Waals surface area contributed by atoms with Crippen molar-refractivity contribution in [2.75, 3.05) is 19.8 Å². The first kappa shape index (κ1) is 31.3. The van der Waals surface area contributed by atoms with Gasteiger partial charge in [0.15, 0.2) is 0 Å². The van der Waals surface area contributed by atoms with Gasteiger partial charge in [0.25, 0.3) is 5.91 Å². The van der Waals surface area contributed by atoms with Gasteiger partial charge in [0.05, 0.1) is 13.2 Å². The Hall–Kier alpha value is -2.93. The van der Waals surface area contributed by atoms with Gasteiger partial charge in [-0.3, -0.25) is 4.79 Å². The Balaban J connectivity index is 0.000000291. The van der Waals surface area contributed by atoms with Gasteiger partial charge < -0.3 is 14.4 Å². The molecule has 3 aromatic rings. The van der Waals surface area contributed by atoms with E-state index in [1.165, 1.54) is 12.1 Å². The van der Waals surface area contributed by atoms with Crippen molar-refractivity contribution in [3.63, 3.8) is 0 Å². The van der Waals surface area contributed by atoms with E-state index in [0.717, 1.165) is 22.0 Å². The highest BCUT2D eigenvalue weighted by Crippen LogP contribution is 2.19. The van der Waals surface area contributed by atoms with Crippen molar-refractivity contribution < 1.29 is 23.5 Å². The zero-order chi connectivity index (χ0) is 27.8. The van der Waals surface area contributed by atoms with E-state index in [1.807, 2.05) is 67.6 Å². The summed E-state index contributed by atoms with van der Waals surface area (Å²) in [5, 5.41) is 1.59. The van der Waals surface area contributed by atoms with Gasteiger partial charge in [0.2, 0.25) is 0 Å². The van der Waals surface area contributed by atoms with E-state index < -0.39 is 12.1 Å². The number of rotatable bonds is 7. The summed E-state index contributed by atoms with van der Waals surface area (Å²) < 4.78 is 23.7. The van der Waals surface area contributed by atoms with E-state index in [0.29, 0.717) is 26.0 Å². The summed E-state index contributed by atoms with van der Waals surface area (Å²) in [4.78, 5) is 26.5. The number of hydrogen-bond acceptors (Lipinski definition) is 4. The summed E-state index contributed by atoms with van der Waals surface area (Å²) >= 11 is 11.1. The number of ether oxygens (including phenoxy) is 2. The molecule has 0 aliphatic carbocycles. The molecule has 0 spiro atoms. The van der Waals surface area contributed by atoms with Gasteiger partial charge in [-0.05, 0) is 55.3 Å². The highest BCUT2D eigenvalue weighted by molar-refractivity contribution is 6.30. The topological polar surface area (TPSA) is 55.8 Å². The van der Waals surface area contributed by atoms with Crippen LogP contribution in [-0.4, -0.2) is 48.7 Å². The first-order valence-corrected chi connectivity index (χ1v) is 13.4. The molecule has 0 aromatic heterocycles. The number of hydrogen-bond donors (Lipinski definition) is 0. The predicted molar refractivity (Wildman–Crippen MR) is 150 cm³/mol. The van der Waals surface area contributed by atoms with Gasteiger partial charge in [0, 0.05) is 23.0 Å². The van der Waals surface area contributed by atoms with Crippen molar-refractivity contribution in [1.82, 2.24) is 4.90 Å². The van der Waals surface area contributed by atoms with E-state index in [9.17, 15) is 14.0 Å². The van der Waals surface area contributed by atoms with Crippen LogP contribution in [0.15, 0.2) is 84.9 Å². The molecule has 0 radical (unpaired) electrons. The van der Waals surface area contributed by atoms with E-state index in [2.05, 4.69) is 0 Å². The Bertz CT molecular complexity index is 1050. The van der Waals surface area contributed by atoms with Crippen LogP contribution >= 0.6 is 23.2 Å². The average Bonchev–Trinajstić information content (AvgIpc) is 2.92. The molecule has 204 valence electrons. The number of nitrogens with zero attached hydrogens (tertiary/aromatic N) is 1. The SMILES string of the molecule is CCCC(C(=O)OCC)N1CCOC(Cc2ccc(F)cc2)C1=O.Clc1ccccc1.Clc1ccccc1. The number of esters is 1. The molecule has 2 unspecified atom stereocenters. The molecule has 4 rings (SSSR count). The second kappa shape index (κ2) is 17.6. The first-order valence-electron chi connectivity index (χ1n) is 12.6. The van der Waals surface area contributed by atoms with E-state index in [-0.39, 0.29) is 24.3 Å². The first-order chi connectivity index (χ1) is 18.3. The maximum atomic E-state index is 13.0. The van der Waals surface area contributed by atoms with Gasteiger partial charge in [-0.1, -0.05) is 85.1 Å². The lowest BCUT2D eigenvalue weighted by molar-refractivity contribution is -0.166. The fourth-order valence-electron chi connectivity index (χ4n) is 3.69. The van der Waals surface area contributed by atoms with Crippen LogP contribution in [0, 0.1) is 5.82 Å². The molecular weight excluding hydrogens is 528 g/mol. The smallest absolute Gasteiger partial charge is 0.328 e. The van der Waals surface area contributed by atoms with Crippen molar-refractivity contribution >= 4 is 35.1 Å². The minimum Gasteiger partial charge on any atom is -0.464 e. The monoisotopic (exact) mass is 561 g/mol. The molecule has 2 atom stereocenters. The molecule has 0 N–H and O–H groups in total. The summed E-state index contributed by atoms with van der Waals surface area (Å²) in [5.41, 5.74) is 0.819. The fraction of sp³-hybridized carbons (Fsp3) is 0.333. The number of carbonyl (C=O) groups is 2. The fourth-order valence-corrected chi connectivity index (χ4v) is 3.98. The molecule has 0 saturated carbocycles. The van der Waals surface area contributed by atoms with Crippen LogP contribution in [0.3, 0.4) is 0 Å². The Kier molecular flexibility index (Phi) is 14.5. The molecule has 38 heavy (non-hydrogen) atoms. The second-order valence-electron chi connectivity index (χ2n) is 8.37. The van der Waals surface area contributed by atoms with E-state index >= 15 is 0 Å². The van der Waals surface area contributed by atoms with Crippen molar-refractivity contribution in [2.45, 2.75) is 45.3 Å². The second-order valence-corrected chi connectivity index (χ2v) is 9.24. The molecule has 1 fully saturated rings. The molecule has 3 aromatic carbocycles. The summed E-state index contributed by atoms with van der Waals surface area (Å²) in [6.45, 7) is 4.75. The third-order valence-electron chi connectivity index (χ3n) is 5.51. The maximum Gasteiger partial charge on any atom is 0.328 e. The van der Waals surface area contributed by atoms with Crippen LogP contribution in [0.4, 0.5) is 4.39 Å². The molecular formula is C30H34Cl2FNO4. The van der Waals surface area contributed by atoms with Crippen LogP contribution in [0.1, 0.15) is 32.3 Å². The van der Waals surface area contributed by atoms with E-state index in [1.54, 1.807) is 24.0 Å². The summed E-state index contributed by atoms with van der Waals surface area (Å²) in [6, 6.07) is 24.3. The van der Waals surface area contributed by atoms with Gasteiger partial charge >= 0.3 is 5.97 Å².